The number of hydrazine groups is 1. The number of amides is 2. The number of pyridine rings is 1. The molecule has 3 aromatic rings. The number of hydrogen-bond donors (Lipinski definition) is 4. The van der Waals surface area contributed by atoms with Crippen molar-refractivity contribution in [1.82, 2.24) is 26.1 Å². The second kappa shape index (κ2) is 6.61. The van der Waals surface area contributed by atoms with E-state index in [2.05, 4.69) is 32.2 Å². The molecule has 7 heteroatoms. The van der Waals surface area contributed by atoms with Crippen LogP contribution in [0.5, 0.6) is 0 Å². The van der Waals surface area contributed by atoms with E-state index in [-0.39, 0.29) is 17.9 Å². The van der Waals surface area contributed by atoms with E-state index < -0.39 is 6.04 Å². The van der Waals surface area contributed by atoms with E-state index >= 15 is 0 Å². The van der Waals surface area contributed by atoms with Crippen LogP contribution in [0.1, 0.15) is 34.6 Å². The number of carbonyl (C=O) groups excluding carboxylic acids is 2. The maximum absolute atomic E-state index is 12.5. The zero-order valence-electron chi connectivity index (χ0n) is 14.2. The van der Waals surface area contributed by atoms with Crippen LogP contribution in [0, 0.1) is 0 Å². The van der Waals surface area contributed by atoms with Gasteiger partial charge in [0.1, 0.15) is 0 Å². The Balaban J connectivity index is 1.47. The Hall–Kier alpha value is -3.19. The Bertz CT molecular complexity index is 966. The van der Waals surface area contributed by atoms with Crippen LogP contribution in [0.25, 0.3) is 10.9 Å². The standard InChI is InChI=1S/C19H19N5O2/c1-11-17-14(13-4-2-3-5-15(13)22-17)10-16(21-11)19(26)24-23-18(25)12-6-8-20-9-7-12/h2-9,11,16,21-22H,10H2,1H3,(H,23,25)(H,24,26)/t11-,16-/m0/s1. The number of aromatic amines is 1. The Kier molecular flexibility index (Phi) is 4.14. The van der Waals surface area contributed by atoms with Gasteiger partial charge in [0.2, 0.25) is 0 Å². The van der Waals surface area contributed by atoms with Gasteiger partial charge in [-0.3, -0.25) is 30.7 Å². The van der Waals surface area contributed by atoms with Crippen LogP contribution in [0.3, 0.4) is 0 Å². The number of rotatable bonds is 2. The number of carbonyl (C=O) groups is 2. The average Bonchev–Trinajstić information content (AvgIpc) is 3.06. The summed E-state index contributed by atoms with van der Waals surface area (Å²) < 4.78 is 0. The average molecular weight is 349 g/mol. The van der Waals surface area contributed by atoms with Crippen LogP contribution < -0.4 is 16.2 Å². The number of benzene rings is 1. The second-order valence-electron chi connectivity index (χ2n) is 6.39. The highest BCUT2D eigenvalue weighted by molar-refractivity contribution is 5.96. The van der Waals surface area contributed by atoms with Gasteiger partial charge < -0.3 is 4.98 Å². The Morgan fingerprint density at radius 3 is 2.69 bits per heavy atom. The topological polar surface area (TPSA) is 98.9 Å². The van der Waals surface area contributed by atoms with Gasteiger partial charge in [-0.15, -0.1) is 0 Å². The zero-order chi connectivity index (χ0) is 18.1. The summed E-state index contributed by atoms with van der Waals surface area (Å²) in [5.41, 5.74) is 8.72. The Morgan fingerprint density at radius 1 is 1.12 bits per heavy atom. The summed E-state index contributed by atoms with van der Waals surface area (Å²) in [5.74, 6) is -0.646. The molecule has 0 fully saturated rings. The minimum atomic E-state index is -0.422. The van der Waals surface area contributed by atoms with E-state index in [1.807, 2.05) is 25.1 Å². The molecule has 0 unspecified atom stereocenters. The predicted molar refractivity (Wildman–Crippen MR) is 97.2 cm³/mol. The first-order valence-corrected chi connectivity index (χ1v) is 8.49. The van der Waals surface area contributed by atoms with Gasteiger partial charge in [-0.2, -0.15) is 0 Å². The van der Waals surface area contributed by atoms with E-state index in [0.29, 0.717) is 12.0 Å². The Morgan fingerprint density at radius 2 is 1.88 bits per heavy atom. The van der Waals surface area contributed by atoms with Crippen LogP contribution in [0.2, 0.25) is 0 Å². The van der Waals surface area contributed by atoms with Crippen molar-refractivity contribution >= 4 is 22.7 Å². The molecule has 1 aliphatic rings. The van der Waals surface area contributed by atoms with Crippen molar-refractivity contribution in [3.8, 4) is 0 Å². The molecule has 4 rings (SSSR count). The molecule has 1 aliphatic heterocycles. The van der Waals surface area contributed by atoms with Gasteiger partial charge in [-0.1, -0.05) is 18.2 Å². The number of hydrogen-bond acceptors (Lipinski definition) is 4. The molecular weight excluding hydrogens is 330 g/mol. The molecule has 7 nitrogen and oxygen atoms in total. The minimum absolute atomic E-state index is 0.0119. The summed E-state index contributed by atoms with van der Waals surface area (Å²) in [6, 6.07) is 10.8. The molecule has 3 heterocycles. The van der Waals surface area contributed by atoms with E-state index in [1.165, 1.54) is 12.4 Å². The van der Waals surface area contributed by atoms with E-state index in [1.54, 1.807) is 12.1 Å². The van der Waals surface area contributed by atoms with Gasteiger partial charge in [0.15, 0.2) is 0 Å². The normalized spacial score (nSPS) is 19.0. The highest BCUT2D eigenvalue weighted by Gasteiger charge is 2.31. The molecule has 1 aromatic carbocycles. The smallest absolute Gasteiger partial charge is 0.269 e. The molecule has 0 bridgehead atoms. The maximum Gasteiger partial charge on any atom is 0.269 e. The van der Waals surface area contributed by atoms with E-state index in [9.17, 15) is 9.59 Å². The lowest BCUT2D eigenvalue weighted by molar-refractivity contribution is -0.124. The third-order valence-corrected chi connectivity index (χ3v) is 4.70. The number of H-pyrrole nitrogens is 1. The van der Waals surface area contributed by atoms with Crippen LogP contribution >= 0.6 is 0 Å². The first-order valence-electron chi connectivity index (χ1n) is 8.49. The fraction of sp³-hybridized carbons (Fsp3) is 0.211. The highest BCUT2D eigenvalue weighted by Crippen LogP contribution is 2.31. The quantitative estimate of drug-likeness (QED) is 0.528. The monoisotopic (exact) mass is 349 g/mol. The van der Waals surface area contributed by atoms with Crippen molar-refractivity contribution in [3.63, 3.8) is 0 Å². The van der Waals surface area contributed by atoms with E-state index in [4.69, 9.17) is 0 Å². The van der Waals surface area contributed by atoms with Crippen LogP contribution in [-0.2, 0) is 11.2 Å². The SMILES string of the molecule is C[C@@H]1N[C@H](C(=O)NNC(=O)c2ccncc2)Cc2c1[nH]c1ccccc21. The van der Waals surface area contributed by atoms with Crippen molar-refractivity contribution in [1.29, 1.82) is 0 Å². The number of nitrogens with one attached hydrogen (secondary N) is 4. The minimum Gasteiger partial charge on any atom is -0.357 e. The molecule has 4 N–H and O–H groups in total. The summed E-state index contributed by atoms with van der Waals surface area (Å²) >= 11 is 0. The molecule has 0 aliphatic carbocycles. The van der Waals surface area contributed by atoms with Gasteiger partial charge >= 0.3 is 0 Å². The fourth-order valence-electron chi connectivity index (χ4n) is 3.41. The van der Waals surface area contributed by atoms with Gasteiger partial charge in [-0.05, 0) is 37.1 Å². The van der Waals surface area contributed by atoms with Crippen molar-refractivity contribution in [2.75, 3.05) is 0 Å². The maximum atomic E-state index is 12.5. The van der Waals surface area contributed by atoms with Gasteiger partial charge in [0, 0.05) is 40.6 Å². The second-order valence-corrected chi connectivity index (χ2v) is 6.39. The predicted octanol–water partition coefficient (Wildman–Crippen LogP) is 1.60. The molecule has 0 saturated carbocycles. The molecular formula is C19H19N5O2. The van der Waals surface area contributed by atoms with Gasteiger partial charge in [0.05, 0.1) is 6.04 Å². The number of nitrogens with zero attached hydrogens (tertiary/aromatic N) is 1. The lowest BCUT2D eigenvalue weighted by Gasteiger charge is -2.28. The fourth-order valence-corrected chi connectivity index (χ4v) is 3.41. The summed E-state index contributed by atoms with van der Waals surface area (Å²) in [6.07, 6.45) is 3.61. The molecule has 0 spiro atoms. The van der Waals surface area contributed by atoms with Crippen molar-refractivity contribution in [2.24, 2.45) is 0 Å². The molecule has 26 heavy (non-hydrogen) atoms. The molecule has 2 aromatic heterocycles. The third-order valence-electron chi connectivity index (χ3n) is 4.70. The zero-order valence-corrected chi connectivity index (χ0v) is 14.2. The number of fused-ring (bicyclic) bond motifs is 3. The van der Waals surface area contributed by atoms with Crippen LogP contribution in [0.15, 0.2) is 48.8 Å². The van der Waals surface area contributed by atoms with Crippen LogP contribution in [0.4, 0.5) is 0 Å². The number of aromatic nitrogens is 2. The number of para-hydroxylation sites is 1. The van der Waals surface area contributed by atoms with Crippen molar-refractivity contribution < 1.29 is 9.59 Å². The van der Waals surface area contributed by atoms with Crippen LogP contribution in [-0.4, -0.2) is 27.8 Å². The molecule has 0 saturated heterocycles. The first kappa shape index (κ1) is 16.3. The lowest BCUT2D eigenvalue weighted by Crippen LogP contribution is -2.53. The summed E-state index contributed by atoms with van der Waals surface area (Å²) in [4.78, 5) is 31.9. The molecule has 0 radical (unpaired) electrons. The van der Waals surface area contributed by atoms with Crippen molar-refractivity contribution in [3.05, 3.63) is 65.6 Å². The van der Waals surface area contributed by atoms with E-state index in [0.717, 1.165) is 22.2 Å². The van der Waals surface area contributed by atoms with Gasteiger partial charge in [0.25, 0.3) is 11.8 Å². The van der Waals surface area contributed by atoms with Gasteiger partial charge in [-0.25, -0.2) is 0 Å². The summed E-state index contributed by atoms with van der Waals surface area (Å²) in [6.45, 7) is 2.02. The first-order chi connectivity index (χ1) is 12.6. The molecule has 2 amide bonds. The Labute approximate surface area is 150 Å². The summed E-state index contributed by atoms with van der Waals surface area (Å²) in [7, 11) is 0. The van der Waals surface area contributed by atoms with Crippen molar-refractivity contribution in [2.45, 2.75) is 25.4 Å². The summed E-state index contributed by atoms with van der Waals surface area (Å²) in [5, 5.41) is 4.43. The third kappa shape index (κ3) is 2.93. The lowest BCUT2D eigenvalue weighted by atomic mass is 9.94. The molecule has 132 valence electrons. The highest BCUT2D eigenvalue weighted by atomic mass is 16.2. The molecule has 2 atom stereocenters. The largest absolute Gasteiger partial charge is 0.357 e.